The first-order valence-electron chi connectivity index (χ1n) is 5.86. The summed E-state index contributed by atoms with van der Waals surface area (Å²) in [6.07, 6.45) is 3.13. The van der Waals surface area contributed by atoms with Crippen LogP contribution in [0.25, 0.3) is 0 Å². The minimum absolute atomic E-state index is 0.192. The predicted molar refractivity (Wildman–Crippen MR) is 67.6 cm³/mol. The summed E-state index contributed by atoms with van der Waals surface area (Å²) in [5.41, 5.74) is 0. The van der Waals surface area contributed by atoms with Crippen molar-refractivity contribution in [2.45, 2.75) is 37.5 Å². The maximum absolute atomic E-state index is 11.9. The van der Waals surface area contributed by atoms with Gasteiger partial charge in [0, 0.05) is 6.42 Å². The fourth-order valence-corrected chi connectivity index (χ4v) is 2.87. The summed E-state index contributed by atoms with van der Waals surface area (Å²) in [7, 11) is -3.45. The number of ketones is 1. The average molecular weight is 254 g/mol. The molecule has 94 valence electrons. The van der Waals surface area contributed by atoms with Crippen molar-refractivity contribution in [1.29, 1.82) is 0 Å². The van der Waals surface area contributed by atoms with Crippen molar-refractivity contribution in [3.05, 3.63) is 30.3 Å². The fourth-order valence-electron chi connectivity index (χ4n) is 1.57. The Morgan fingerprint density at radius 3 is 2.35 bits per heavy atom. The van der Waals surface area contributed by atoms with E-state index >= 15 is 0 Å². The number of carbonyl (C=O) groups excluding carboxylic acids is 1. The number of unbranched alkanes of at least 4 members (excludes halogenated alkanes) is 2. The van der Waals surface area contributed by atoms with Gasteiger partial charge >= 0.3 is 0 Å². The Kier molecular flexibility index (Phi) is 5.35. The Morgan fingerprint density at radius 1 is 1.12 bits per heavy atom. The quantitative estimate of drug-likeness (QED) is 0.703. The van der Waals surface area contributed by atoms with E-state index < -0.39 is 9.84 Å². The first-order chi connectivity index (χ1) is 8.06. The molecule has 0 aliphatic rings. The summed E-state index contributed by atoms with van der Waals surface area (Å²) >= 11 is 0. The van der Waals surface area contributed by atoms with Gasteiger partial charge in [-0.3, -0.25) is 4.79 Å². The SMILES string of the molecule is CCCCCC(=O)CS(=O)(=O)c1ccccc1. The van der Waals surface area contributed by atoms with Crippen LogP contribution in [0, 0.1) is 0 Å². The molecule has 17 heavy (non-hydrogen) atoms. The molecule has 0 aliphatic carbocycles. The highest BCUT2D eigenvalue weighted by molar-refractivity contribution is 7.92. The van der Waals surface area contributed by atoms with Crippen LogP contribution in [0.1, 0.15) is 32.6 Å². The highest BCUT2D eigenvalue weighted by Gasteiger charge is 2.18. The van der Waals surface area contributed by atoms with E-state index in [0.717, 1.165) is 19.3 Å². The van der Waals surface area contributed by atoms with Crippen LogP contribution in [0.5, 0.6) is 0 Å². The van der Waals surface area contributed by atoms with Crippen LogP contribution in [-0.2, 0) is 14.6 Å². The molecule has 0 saturated carbocycles. The molecule has 0 saturated heterocycles. The Morgan fingerprint density at radius 2 is 1.76 bits per heavy atom. The van der Waals surface area contributed by atoms with Gasteiger partial charge in [-0.15, -0.1) is 0 Å². The van der Waals surface area contributed by atoms with Gasteiger partial charge < -0.3 is 0 Å². The number of sulfone groups is 1. The summed E-state index contributed by atoms with van der Waals surface area (Å²) in [5.74, 6) is -0.567. The largest absolute Gasteiger partial charge is 0.299 e. The van der Waals surface area contributed by atoms with E-state index in [4.69, 9.17) is 0 Å². The minimum Gasteiger partial charge on any atom is -0.299 e. The zero-order chi connectivity index (χ0) is 12.7. The standard InChI is InChI=1S/C13H18O3S/c1-2-3-5-8-12(14)11-17(15,16)13-9-6-4-7-10-13/h4,6-7,9-10H,2-3,5,8,11H2,1H3. The second kappa shape index (κ2) is 6.55. The second-order valence-corrected chi connectivity index (χ2v) is 6.06. The lowest BCUT2D eigenvalue weighted by Gasteiger charge is -2.03. The van der Waals surface area contributed by atoms with E-state index in [2.05, 4.69) is 0 Å². The van der Waals surface area contributed by atoms with Crippen LogP contribution in [0.3, 0.4) is 0 Å². The normalized spacial score (nSPS) is 11.4. The molecule has 0 aliphatic heterocycles. The summed E-state index contributed by atoms with van der Waals surface area (Å²) in [6.45, 7) is 2.05. The van der Waals surface area contributed by atoms with Crippen LogP contribution >= 0.6 is 0 Å². The Hall–Kier alpha value is -1.16. The van der Waals surface area contributed by atoms with Gasteiger partial charge in [0.05, 0.1) is 4.90 Å². The minimum atomic E-state index is -3.45. The predicted octanol–water partition coefficient (Wildman–Crippen LogP) is 2.61. The molecule has 0 aromatic heterocycles. The first-order valence-corrected chi connectivity index (χ1v) is 7.51. The van der Waals surface area contributed by atoms with Gasteiger partial charge in [-0.1, -0.05) is 38.0 Å². The van der Waals surface area contributed by atoms with Crippen LogP contribution in [0.15, 0.2) is 35.2 Å². The van der Waals surface area contributed by atoms with Crippen LogP contribution in [0.4, 0.5) is 0 Å². The maximum atomic E-state index is 11.9. The molecule has 0 bridgehead atoms. The summed E-state index contributed by atoms with van der Waals surface area (Å²) in [5, 5.41) is 0. The number of benzene rings is 1. The molecular formula is C13H18O3S. The molecule has 0 spiro atoms. The van der Waals surface area contributed by atoms with Crippen LogP contribution in [0.2, 0.25) is 0 Å². The fraction of sp³-hybridized carbons (Fsp3) is 0.462. The van der Waals surface area contributed by atoms with Crippen molar-refractivity contribution in [3.8, 4) is 0 Å². The smallest absolute Gasteiger partial charge is 0.185 e. The van der Waals surface area contributed by atoms with Gasteiger partial charge in [-0.25, -0.2) is 8.42 Å². The molecule has 1 rings (SSSR count). The van der Waals surface area contributed by atoms with Crippen molar-refractivity contribution in [3.63, 3.8) is 0 Å². The topological polar surface area (TPSA) is 51.2 Å². The lowest BCUT2D eigenvalue weighted by Crippen LogP contribution is -2.15. The van der Waals surface area contributed by atoms with Gasteiger partial charge in [-0.2, -0.15) is 0 Å². The van der Waals surface area contributed by atoms with Gasteiger partial charge in [0.25, 0.3) is 0 Å². The lowest BCUT2D eigenvalue weighted by molar-refractivity contribution is -0.116. The molecule has 4 heteroatoms. The molecule has 0 N–H and O–H groups in total. The Balaban J connectivity index is 2.59. The molecule has 0 atom stereocenters. The average Bonchev–Trinajstić information content (AvgIpc) is 2.30. The number of carbonyl (C=O) groups is 1. The number of rotatable bonds is 7. The molecule has 1 aromatic rings. The molecule has 0 heterocycles. The number of Topliss-reactive ketones (excluding diaryl/α,β-unsaturated/α-hetero) is 1. The summed E-state index contributed by atoms with van der Waals surface area (Å²) in [4.78, 5) is 11.8. The van der Waals surface area contributed by atoms with E-state index in [1.54, 1.807) is 18.2 Å². The monoisotopic (exact) mass is 254 g/mol. The van der Waals surface area contributed by atoms with Gasteiger partial charge in [-0.05, 0) is 18.6 Å². The van der Waals surface area contributed by atoms with Crippen molar-refractivity contribution in [2.24, 2.45) is 0 Å². The van der Waals surface area contributed by atoms with E-state index in [9.17, 15) is 13.2 Å². The third kappa shape index (κ3) is 4.69. The lowest BCUT2D eigenvalue weighted by atomic mass is 10.2. The van der Waals surface area contributed by atoms with E-state index in [-0.39, 0.29) is 16.4 Å². The van der Waals surface area contributed by atoms with Crippen molar-refractivity contribution in [2.75, 3.05) is 5.75 Å². The Labute approximate surface area is 103 Å². The molecule has 0 amide bonds. The number of hydrogen-bond donors (Lipinski definition) is 0. The molecule has 3 nitrogen and oxygen atoms in total. The molecule has 0 radical (unpaired) electrons. The summed E-state index contributed by atoms with van der Waals surface area (Å²) in [6, 6.07) is 8.12. The highest BCUT2D eigenvalue weighted by atomic mass is 32.2. The van der Waals surface area contributed by atoms with Crippen LogP contribution < -0.4 is 0 Å². The third-order valence-corrected chi connectivity index (χ3v) is 4.20. The zero-order valence-electron chi connectivity index (χ0n) is 10.1. The second-order valence-electron chi connectivity index (χ2n) is 4.07. The summed E-state index contributed by atoms with van der Waals surface area (Å²) < 4.78 is 23.7. The first kappa shape index (κ1) is 13.9. The van der Waals surface area contributed by atoms with E-state index in [1.807, 2.05) is 6.92 Å². The number of hydrogen-bond acceptors (Lipinski definition) is 3. The van der Waals surface area contributed by atoms with E-state index in [1.165, 1.54) is 12.1 Å². The third-order valence-electron chi connectivity index (χ3n) is 2.51. The van der Waals surface area contributed by atoms with Crippen molar-refractivity contribution < 1.29 is 13.2 Å². The van der Waals surface area contributed by atoms with Gasteiger partial charge in [0.1, 0.15) is 11.5 Å². The maximum Gasteiger partial charge on any atom is 0.185 e. The molecule has 0 fully saturated rings. The van der Waals surface area contributed by atoms with Crippen molar-refractivity contribution >= 4 is 15.6 Å². The van der Waals surface area contributed by atoms with Crippen LogP contribution in [-0.4, -0.2) is 20.0 Å². The zero-order valence-corrected chi connectivity index (χ0v) is 10.9. The van der Waals surface area contributed by atoms with Gasteiger partial charge in [0.2, 0.25) is 0 Å². The van der Waals surface area contributed by atoms with Gasteiger partial charge in [0.15, 0.2) is 9.84 Å². The Bertz CT molecular complexity index is 449. The molecular weight excluding hydrogens is 236 g/mol. The highest BCUT2D eigenvalue weighted by Crippen LogP contribution is 2.11. The molecule has 1 aromatic carbocycles. The molecule has 0 unspecified atom stereocenters. The van der Waals surface area contributed by atoms with Crippen molar-refractivity contribution in [1.82, 2.24) is 0 Å². The van der Waals surface area contributed by atoms with E-state index in [0.29, 0.717) is 6.42 Å².